The van der Waals surface area contributed by atoms with Gasteiger partial charge < -0.3 is 14.4 Å². The van der Waals surface area contributed by atoms with Crippen LogP contribution in [0.1, 0.15) is 11.1 Å². The SMILES string of the molecule is COCCN(Cc1ccc(C#N)cc1)C(=O)COc1ccc(I)cc1. The molecule has 25 heavy (non-hydrogen) atoms. The smallest absolute Gasteiger partial charge is 0.260 e. The lowest BCUT2D eigenvalue weighted by atomic mass is 10.1. The van der Waals surface area contributed by atoms with Crippen molar-refractivity contribution < 1.29 is 14.3 Å². The van der Waals surface area contributed by atoms with Crippen molar-refractivity contribution in [3.63, 3.8) is 0 Å². The van der Waals surface area contributed by atoms with Gasteiger partial charge in [-0.1, -0.05) is 12.1 Å². The van der Waals surface area contributed by atoms with Gasteiger partial charge in [-0.25, -0.2) is 0 Å². The highest BCUT2D eigenvalue weighted by atomic mass is 127. The highest BCUT2D eigenvalue weighted by Crippen LogP contribution is 2.14. The van der Waals surface area contributed by atoms with Crippen LogP contribution in [0.5, 0.6) is 5.75 Å². The van der Waals surface area contributed by atoms with Gasteiger partial charge in [-0.15, -0.1) is 0 Å². The second-order valence-corrected chi connectivity index (χ2v) is 6.61. The number of nitrogens with zero attached hydrogens (tertiary/aromatic N) is 2. The topological polar surface area (TPSA) is 62.6 Å². The Kier molecular flexibility index (Phi) is 7.70. The van der Waals surface area contributed by atoms with Crippen molar-refractivity contribution >= 4 is 28.5 Å². The van der Waals surface area contributed by atoms with Crippen LogP contribution in [0.4, 0.5) is 0 Å². The molecular formula is C19H19IN2O3. The molecule has 6 heteroatoms. The lowest BCUT2D eigenvalue weighted by Crippen LogP contribution is -2.36. The van der Waals surface area contributed by atoms with Gasteiger partial charge in [0.2, 0.25) is 0 Å². The summed E-state index contributed by atoms with van der Waals surface area (Å²) in [7, 11) is 1.60. The molecule has 0 spiro atoms. The molecule has 5 nitrogen and oxygen atoms in total. The minimum Gasteiger partial charge on any atom is -0.484 e. The van der Waals surface area contributed by atoms with Crippen LogP contribution >= 0.6 is 22.6 Å². The second-order valence-electron chi connectivity index (χ2n) is 5.36. The normalized spacial score (nSPS) is 10.1. The van der Waals surface area contributed by atoms with Gasteiger partial charge in [0.05, 0.1) is 18.2 Å². The number of carbonyl (C=O) groups excluding carboxylic acids is 1. The van der Waals surface area contributed by atoms with E-state index >= 15 is 0 Å². The molecule has 130 valence electrons. The number of ether oxygens (including phenoxy) is 2. The Morgan fingerprint density at radius 1 is 1.16 bits per heavy atom. The Morgan fingerprint density at radius 3 is 2.44 bits per heavy atom. The Bertz CT molecular complexity index is 724. The fourth-order valence-electron chi connectivity index (χ4n) is 2.17. The molecule has 1 amide bonds. The molecular weight excluding hydrogens is 431 g/mol. The van der Waals surface area contributed by atoms with E-state index in [1.54, 1.807) is 24.1 Å². The zero-order valence-electron chi connectivity index (χ0n) is 13.9. The summed E-state index contributed by atoms with van der Waals surface area (Å²) in [6.07, 6.45) is 0. The first-order valence-corrected chi connectivity index (χ1v) is 8.84. The monoisotopic (exact) mass is 450 g/mol. The first-order valence-electron chi connectivity index (χ1n) is 7.76. The van der Waals surface area contributed by atoms with Crippen LogP contribution in [0.25, 0.3) is 0 Å². The van der Waals surface area contributed by atoms with Crippen molar-refractivity contribution in [2.75, 3.05) is 26.9 Å². The number of halogens is 1. The van der Waals surface area contributed by atoms with Gasteiger partial charge in [0.15, 0.2) is 6.61 Å². The van der Waals surface area contributed by atoms with Gasteiger partial charge in [0.25, 0.3) is 5.91 Å². The molecule has 0 radical (unpaired) electrons. The molecule has 0 aliphatic heterocycles. The number of rotatable bonds is 8. The van der Waals surface area contributed by atoms with Crippen LogP contribution in [-0.4, -0.2) is 37.7 Å². The first kappa shape index (κ1) is 19.2. The zero-order chi connectivity index (χ0) is 18.1. The molecule has 2 aromatic carbocycles. The lowest BCUT2D eigenvalue weighted by Gasteiger charge is -2.22. The van der Waals surface area contributed by atoms with E-state index < -0.39 is 0 Å². The second kappa shape index (κ2) is 10.0. The van der Waals surface area contributed by atoms with E-state index in [4.69, 9.17) is 14.7 Å². The molecule has 2 rings (SSSR count). The van der Waals surface area contributed by atoms with Crippen LogP contribution < -0.4 is 4.74 Å². The molecule has 0 unspecified atom stereocenters. The summed E-state index contributed by atoms with van der Waals surface area (Å²) in [6, 6.07) is 16.8. The van der Waals surface area contributed by atoms with E-state index in [1.807, 2.05) is 36.4 Å². The summed E-state index contributed by atoms with van der Waals surface area (Å²) in [5.74, 6) is 0.554. The van der Waals surface area contributed by atoms with Crippen molar-refractivity contribution in [1.82, 2.24) is 4.90 Å². The Labute approximate surface area is 161 Å². The Hall–Kier alpha value is -2.11. The van der Waals surface area contributed by atoms with Crippen LogP contribution in [-0.2, 0) is 16.1 Å². The molecule has 0 fully saturated rings. The van der Waals surface area contributed by atoms with E-state index in [2.05, 4.69) is 28.7 Å². The predicted molar refractivity (Wildman–Crippen MR) is 103 cm³/mol. The lowest BCUT2D eigenvalue weighted by molar-refractivity contribution is -0.134. The summed E-state index contributed by atoms with van der Waals surface area (Å²) in [4.78, 5) is 14.2. The highest BCUT2D eigenvalue weighted by Gasteiger charge is 2.15. The first-order chi connectivity index (χ1) is 12.1. The van der Waals surface area contributed by atoms with Crippen LogP contribution in [0, 0.1) is 14.9 Å². The predicted octanol–water partition coefficient (Wildman–Crippen LogP) is 3.22. The number of benzene rings is 2. The van der Waals surface area contributed by atoms with E-state index in [9.17, 15) is 4.79 Å². The molecule has 0 aromatic heterocycles. The number of nitriles is 1. The third-order valence-electron chi connectivity index (χ3n) is 3.55. The molecule has 2 aromatic rings. The number of hydrogen-bond donors (Lipinski definition) is 0. The summed E-state index contributed by atoms with van der Waals surface area (Å²) >= 11 is 2.22. The summed E-state index contributed by atoms with van der Waals surface area (Å²) < 4.78 is 11.8. The van der Waals surface area contributed by atoms with Crippen molar-refractivity contribution in [3.8, 4) is 11.8 Å². The van der Waals surface area contributed by atoms with Crippen molar-refractivity contribution in [2.24, 2.45) is 0 Å². The average Bonchev–Trinajstić information content (AvgIpc) is 2.65. The molecule has 0 saturated carbocycles. The maximum absolute atomic E-state index is 12.5. The van der Waals surface area contributed by atoms with Crippen LogP contribution in [0.15, 0.2) is 48.5 Å². The quantitative estimate of drug-likeness (QED) is 0.580. The van der Waals surface area contributed by atoms with Crippen LogP contribution in [0.2, 0.25) is 0 Å². The highest BCUT2D eigenvalue weighted by molar-refractivity contribution is 14.1. The molecule has 0 heterocycles. The number of carbonyl (C=O) groups is 1. The van der Waals surface area contributed by atoms with E-state index in [1.165, 1.54) is 0 Å². The van der Waals surface area contributed by atoms with Gasteiger partial charge >= 0.3 is 0 Å². The zero-order valence-corrected chi connectivity index (χ0v) is 16.1. The van der Waals surface area contributed by atoms with Crippen molar-refractivity contribution in [3.05, 3.63) is 63.2 Å². The summed E-state index contributed by atoms with van der Waals surface area (Å²) in [5, 5.41) is 8.86. The third kappa shape index (κ3) is 6.36. The molecule has 0 saturated heterocycles. The minimum atomic E-state index is -0.111. The van der Waals surface area contributed by atoms with Crippen molar-refractivity contribution in [1.29, 1.82) is 5.26 Å². The number of methoxy groups -OCH3 is 1. The van der Waals surface area contributed by atoms with Gasteiger partial charge in [0.1, 0.15) is 5.75 Å². The van der Waals surface area contributed by atoms with E-state index in [-0.39, 0.29) is 12.5 Å². The largest absolute Gasteiger partial charge is 0.484 e. The molecule has 0 N–H and O–H groups in total. The van der Waals surface area contributed by atoms with E-state index in [0.717, 1.165) is 9.13 Å². The summed E-state index contributed by atoms with van der Waals surface area (Å²) in [6.45, 7) is 1.35. The minimum absolute atomic E-state index is 0.0272. The van der Waals surface area contributed by atoms with Crippen LogP contribution in [0.3, 0.4) is 0 Å². The Morgan fingerprint density at radius 2 is 1.84 bits per heavy atom. The van der Waals surface area contributed by atoms with Gasteiger partial charge in [0, 0.05) is 23.8 Å². The molecule has 0 aliphatic rings. The van der Waals surface area contributed by atoms with Crippen molar-refractivity contribution in [2.45, 2.75) is 6.54 Å². The van der Waals surface area contributed by atoms with Gasteiger partial charge in [-0.2, -0.15) is 5.26 Å². The standard InChI is InChI=1S/C19H19IN2O3/c1-24-11-10-22(13-16-4-2-15(12-21)3-5-16)19(23)14-25-18-8-6-17(20)7-9-18/h2-9H,10-11,13-14H2,1H3. The number of hydrogen-bond acceptors (Lipinski definition) is 4. The third-order valence-corrected chi connectivity index (χ3v) is 4.27. The van der Waals surface area contributed by atoms with E-state index in [0.29, 0.717) is 31.0 Å². The maximum Gasteiger partial charge on any atom is 0.260 e. The Balaban J connectivity index is 1.97. The fourth-order valence-corrected chi connectivity index (χ4v) is 2.53. The summed E-state index contributed by atoms with van der Waals surface area (Å²) in [5.41, 5.74) is 1.55. The maximum atomic E-state index is 12.5. The molecule has 0 atom stereocenters. The average molecular weight is 450 g/mol. The molecule has 0 aliphatic carbocycles. The molecule has 0 bridgehead atoms. The number of amides is 1. The van der Waals surface area contributed by atoms with Gasteiger partial charge in [-0.3, -0.25) is 4.79 Å². The fraction of sp³-hybridized carbons (Fsp3) is 0.263. The van der Waals surface area contributed by atoms with Gasteiger partial charge in [-0.05, 0) is 64.6 Å².